The van der Waals surface area contributed by atoms with Crippen LogP contribution in [-0.2, 0) is 5.41 Å². The van der Waals surface area contributed by atoms with E-state index in [1.165, 1.54) is 195 Å². The molecule has 89 heavy (non-hydrogen) atoms. The lowest BCUT2D eigenvalue weighted by Crippen LogP contribution is -2.26. The summed E-state index contributed by atoms with van der Waals surface area (Å²) in [4.78, 5) is 2.41. The van der Waals surface area contributed by atoms with Crippen LogP contribution in [0.5, 0.6) is 0 Å². The third-order valence-electron chi connectivity index (χ3n) is 19.9. The number of hydrogen-bond donors (Lipinski definition) is 0. The Bertz CT molecular complexity index is 4560. The van der Waals surface area contributed by atoms with Gasteiger partial charge in [-0.1, -0.05) is 248 Å². The lowest BCUT2D eigenvalue weighted by Gasteiger charge is -2.33. The maximum atomic E-state index is 2.61. The molecule has 0 atom stereocenters. The molecular weight excluding hydrogens is 1070 g/mol. The maximum Gasteiger partial charge on any atom is 0.0547 e. The Morgan fingerprint density at radius 2 is 0.674 bits per heavy atom. The zero-order valence-electron chi connectivity index (χ0n) is 52.8. The Hall–Kier alpha value is -9.18. The van der Waals surface area contributed by atoms with Gasteiger partial charge in [-0.05, 0) is 191 Å². The second kappa shape index (κ2) is 25.1. The number of aryl methyl sites for hydroxylation is 3. The van der Waals surface area contributed by atoms with Crippen molar-refractivity contribution in [3.05, 3.63) is 270 Å². The number of nitrogens with zero attached hydrogens (tertiary/aromatic N) is 3. The van der Waals surface area contributed by atoms with E-state index in [9.17, 15) is 0 Å². The maximum absolute atomic E-state index is 2.61. The largest absolute Gasteiger partial charge is 0.311 e. The monoisotopic (exact) mass is 1160 g/mol. The Kier molecular flexibility index (Phi) is 16.3. The molecule has 0 bridgehead atoms. The summed E-state index contributed by atoms with van der Waals surface area (Å²) in [6.45, 7) is 11.5. The van der Waals surface area contributed by atoms with Crippen molar-refractivity contribution in [3.8, 4) is 55.9 Å². The molecule has 3 heteroatoms. The molecule has 2 aromatic heterocycles. The van der Waals surface area contributed by atoms with Crippen LogP contribution < -0.4 is 4.90 Å². The number of rotatable bonds is 22. The van der Waals surface area contributed by atoms with Gasteiger partial charge in [0.15, 0.2) is 0 Å². The molecule has 0 saturated carbocycles. The number of fused-ring (bicyclic) bond motifs is 9. The van der Waals surface area contributed by atoms with Gasteiger partial charge in [0, 0.05) is 55.4 Å². The fourth-order valence-electron chi connectivity index (χ4n) is 15.0. The molecule has 0 saturated heterocycles. The van der Waals surface area contributed by atoms with Crippen LogP contribution in [-0.4, -0.2) is 9.13 Å². The van der Waals surface area contributed by atoms with E-state index in [1.807, 2.05) is 0 Å². The Morgan fingerprint density at radius 1 is 0.303 bits per heavy atom. The van der Waals surface area contributed by atoms with Crippen molar-refractivity contribution in [2.45, 2.75) is 130 Å². The van der Waals surface area contributed by atoms with E-state index >= 15 is 0 Å². The summed E-state index contributed by atoms with van der Waals surface area (Å²) in [5.41, 5.74) is 28.0. The summed E-state index contributed by atoms with van der Waals surface area (Å²) in [5, 5.41) is 5.05. The van der Waals surface area contributed by atoms with E-state index in [2.05, 4.69) is 291 Å². The predicted octanol–water partition coefficient (Wildman–Crippen LogP) is 25.0. The lowest BCUT2D eigenvalue weighted by molar-refractivity contribution is 0.397. The zero-order valence-corrected chi connectivity index (χ0v) is 52.8. The summed E-state index contributed by atoms with van der Waals surface area (Å²) in [6.07, 6.45) is 18.3. The third kappa shape index (κ3) is 11.0. The molecule has 0 radical (unpaired) electrons. The van der Waals surface area contributed by atoms with E-state index in [-0.39, 0.29) is 5.41 Å². The van der Waals surface area contributed by atoms with Gasteiger partial charge in [0.25, 0.3) is 0 Å². The van der Waals surface area contributed by atoms with E-state index < -0.39 is 0 Å². The first-order valence-corrected chi connectivity index (χ1v) is 33.4. The van der Waals surface area contributed by atoms with Crippen LogP contribution in [0.3, 0.4) is 0 Å². The van der Waals surface area contributed by atoms with E-state index in [0.717, 1.165) is 28.4 Å². The van der Waals surface area contributed by atoms with Crippen LogP contribution in [0, 0.1) is 20.8 Å². The van der Waals surface area contributed by atoms with Crippen molar-refractivity contribution in [2.24, 2.45) is 0 Å². The zero-order chi connectivity index (χ0) is 60.4. The number of hydrogen-bond acceptors (Lipinski definition) is 1. The molecular formula is C86H83N3. The smallest absolute Gasteiger partial charge is 0.0547 e. The number of benzene rings is 11. The molecule has 0 amide bonds. The normalized spacial score (nSPS) is 12.6. The molecule has 442 valence electrons. The molecule has 0 spiro atoms. The van der Waals surface area contributed by atoms with Crippen molar-refractivity contribution in [1.29, 1.82) is 0 Å². The Balaban J connectivity index is 0.754. The summed E-state index contributed by atoms with van der Waals surface area (Å²) in [6, 6.07) is 91.5. The van der Waals surface area contributed by atoms with Gasteiger partial charge in [-0.25, -0.2) is 0 Å². The van der Waals surface area contributed by atoms with Crippen LogP contribution in [0.15, 0.2) is 243 Å². The van der Waals surface area contributed by atoms with Gasteiger partial charge in [0.2, 0.25) is 0 Å². The van der Waals surface area contributed by atoms with Gasteiger partial charge < -0.3 is 14.0 Å². The van der Waals surface area contributed by atoms with Gasteiger partial charge >= 0.3 is 0 Å². The third-order valence-corrected chi connectivity index (χ3v) is 19.9. The van der Waals surface area contributed by atoms with Crippen LogP contribution in [0.2, 0.25) is 0 Å². The molecule has 1 aliphatic carbocycles. The molecule has 0 N–H and O–H groups in total. The molecule has 0 fully saturated rings. The van der Waals surface area contributed by atoms with Crippen LogP contribution in [0.1, 0.15) is 132 Å². The number of anilines is 3. The summed E-state index contributed by atoms with van der Waals surface area (Å²) < 4.78 is 4.82. The highest BCUT2D eigenvalue weighted by molar-refractivity contribution is 6.11. The molecule has 0 unspecified atom stereocenters. The molecule has 2 heterocycles. The van der Waals surface area contributed by atoms with Crippen LogP contribution in [0.25, 0.3) is 99.5 Å². The highest BCUT2D eigenvalue weighted by Crippen LogP contribution is 2.56. The van der Waals surface area contributed by atoms with E-state index in [4.69, 9.17) is 0 Å². The predicted molar refractivity (Wildman–Crippen MR) is 383 cm³/mol. The van der Waals surface area contributed by atoms with Crippen LogP contribution >= 0.6 is 0 Å². The lowest BCUT2D eigenvalue weighted by atomic mass is 9.70. The van der Waals surface area contributed by atoms with Gasteiger partial charge in [-0.15, -0.1) is 0 Å². The average Bonchev–Trinajstić information content (AvgIpc) is 1.66. The van der Waals surface area contributed by atoms with Crippen molar-refractivity contribution >= 4 is 60.7 Å². The minimum Gasteiger partial charge on any atom is -0.311 e. The van der Waals surface area contributed by atoms with Crippen molar-refractivity contribution in [1.82, 2.24) is 9.13 Å². The molecule has 1 aliphatic rings. The summed E-state index contributed by atoms with van der Waals surface area (Å²) >= 11 is 0. The van der Waals surface area contributed by atoms with Crippen molar-refractivity contribution < 1.29 is 0 Å². The van der Waals surface area contributed by atoms with Gasteiger partial charge in [-0.2, -0.15) is 0 Å². The topological polar surface area (TPSA) is 13.1 Å². The quantitative estimate of drug-likeness (QED) is 0.0617. The van der Waals surface area contributed by atoms with Gasteiger partial charge in [0.05, 0.1) is 22.1 Å². The molecule has 14 rings (SSSR count). The Labute approximate surface area is 528 Å². The first-order chi connectivity index (χ1) is 43.8. The second-order valence-corrected chi connectivity index (χ2v) is 25.7. The van der Waals surface area contributed by atoms with Crippen molar-refractivity contribution in [3.63, 3.8) is 0 Å². The second-order valence-electron chi connectivity index (χ2n) is 25.7. The summed E-state index contributed by atoms with van der Waals surface area (Å²) in [5.74, 6) is 0. The highest BCUT2D eigenvalue weighted by Gasteiger charge is 2.43. The Morgan fingerprint density at radius 3 is 1.18 bits per heavy atom. The number of aromatic nitrogens is 2. The molecule has 11 aromatic carbocycles. The summed E-state index contributed by atoms with van der Waals surface area (Å²) in [7, 11) is 0. The molecule has 13 aromatic rings. The standard InChI is InChI=1S/C86H83N3/c1-6-8-10-12-14-22-54-86(55-23-15-13-11-9-7-2)80-57-62(5)61(4)56-79(80)74-52-40-67(58-81(74)86)65-36-44-70(45-37-65)87(69-42-30-60(3)31-43-69)71-46-38-66(39-47-71)68-41-53-78-77-26-18-21-29-84(77)89(85(78)59-68)73-50-34-64(35-51-73)63-32-48-72(49-33-63)88-82-27-19-16-24-75(82)76-25-17-20-28-83(76)88/h16-21,24-53,56-59H,6-15,22-23,54-55H2,1-5H3. The van der Waals surface area contributed by atoms with Gasteiger partial charge in [0.1, 0.15) is 0 Å². The molecule has 0 aliphatic heterocycles. The minimum absolute atomic E-state index is 0.0340. The first kappa shape index (κ1) is 57.6. The number of para-hydroxylation sites is 3. The first-order valence-electron chi connectivity index (χ1n) is 33.4. The number of unbranched alkanes of at least 4 members (excludes halogenated alkanes) is 10. The molecule has 3 nitrogen and oxygen atoms in total. The fraction of sp³-hybridized carbons (Fsp3) is 0.233. The highest BCUT2D eigenvalue weighted by atomic mass is 15.1. The van der Waals surface area contributed by atoms with Crippen LogP contribution in [0.4, 0.5) is 17.1 Å². The minimum atomic E-state index is 0.0340. The fourth-order valence-corrected chi connectivity index (χ4v) is 15.0. The SMILES string of the molecule is CCCCCCCCC1(CCCCCCCC)c2cc(-c3ccc(N(c4ccc(C)cc4)c4ccc(-c5ccc6c7ccccc7n(-c7ccc(-c8ccc(-n9c%10ccccc%10c%10ccccc%109)cc8)cc7)c6c5)cc4)cc3)ccc2-c2cc(C)c(C)cc21. The van der Waals surface area contributed by atoms with E-state index in [0.29, 0.717) is 0 Å². The van der Waals surface area contributed by atoms with E-state index in [1.54, 1.807) is 11.1 Å². The van der Waals surface area contributed by atoms with Crippen molar-refractivity contribution in [2.75, 3.05) is 4.90 Å². The average molecular weight is 1160 g/mol. The van der Waals surface area contributed by atoms with Gasteiger partial charge in [-0.3, -0.25) is 0 Å².